The molecule has 0 spiro atoms. The second kappa shape index (κ2) is 6.48. The number of halogens is 2. The number of benzene rings is 1. The number of anilines is 1. The van der Waals surface area contributed by atoms with Crippen LogP contribution in [0.1, 0.15) is 12.8 Å². The van der Waals surface area contributed by atoms with Crippen LogP contribution in [0.4, 0.5) is 5.95 Å². The van der Waals surface area contributed by atoms with Crippen LogP contribution in [0, 0.1) is 5.92 Å². The van der Waals surface area contributed by atoms with E-state index < -0.39 is 0 Å². The van der Waals surface area contributed by atoms with Crippen molar-refractivity contribution in [1.82, 2.24) is 24.3 Å². The molecule has 1 aliphatic carbocycles. The van der Waals surface area contributed by atoms with Crippen LogP contribution in [0.25, 0.3) is 33.1 Å². The molecule has 3 aromatic heterocycles. The fourth-order valence-electron chi connectivity index (χ4n) is 5.32. The first-order valence-corrected chi connectivity index (χ1v) is 11.0. The predicted octanol–water partition coefficient (Wildman–Crippen LogP) is 3.05. The van der Waals surface area contributed by atoms with Gasteiger partial charge in [0.15, 0.2) is 0 Å². The first-order chi connectivity index (χ1) is 14.9. The number of aromatic amines is 1. The van der Waals surface area contributed by atoms with E-state index in [0.29, 0.717) is 55.1 Å². The molecule has 2 fully saturated rings. The largest absolute Gasteiger partial charge is 0.345 e. The molecule has 0 unspecified atom stereocenters. The topological polar surface area (TPSA) is 97.8 Å². The third kappa shape index (κ3) is 2.49. The molecule has 1 saturated carbocycles. The molecule has 8 nitrogen and oxygen atoms in total. The van der Waals surface area contributed by atoms with Gasteiger partial charge in [-0.2, -0.15) is 10.1 Å². The number of hydrogen-bond acceptors (Lipinski definition) is 5. The fraction of sp³-hybridized carbons (Fsp3) is 0.381. The Morgan fingerprint density at radius 2 is 1.97 bits per heavy atom. The average Bonchev–Trinajstić information content (AvgIpc) is 3.48. The Balaban J connectivity index is 1.54. The predicted molar refractivity (Wildman–Crippen MR) is 123 cm³/mol. The third-order valence-corrected chi connectivity index (χ3v) is 7.78. The molecule has 3 N–H and O–H groups in total. The maximum atomic E-state index is 13.5. The molecule has 1 aromatic carbocycles. The molecule has 160 valence electrons. The highest BCUT2D eigenvalue weighted by Gasteiger charge is 2.46. The summed E-state index contributed by atoms with van der Waals surface area (Å²) in [5.41, 5.74) is 8.90. The van der Waals surface area contributed by atoms with Crippen molar-refractivity contribution in [2.45, 2.75) is 24.9 Å². The minimum Gasteiger partial charge on any atom is -0.345 e. The van der Waals surface area contributed by atoms with Gasteiger partial charge in [-0.1, -0.05) is 29.3 Å². The van der Waals surface area contributed by atoms with E-state index >= 15 is 0 Å². The summed E-state index contributed by atoms with van der Waals surface area (Å²) in [6.45, 7) is 0.840. The number of nitrogens with zero attached hydrogens (tertiary/aromatic N) is 5. The molecule has 1 saturated heterocycles. The van der Waals surface area contributed by atoms with Gasteiger partial charge < -0.3 is 15.6 Å². The zero-order chi connectivity index (χ0) is 21.6. The van der Waals surface area contributed by atoms with Gasteiger partial charge >= 0.3 is 0 Å². The van der Waals surface area contributed by atoms with Crippen molar-refractivity contribution in [3.8, 4) is 11.1 Å². The highest BCUT2D eigenvalue weighted by Crippen LogP contribution is 2.41. The normalized spacial score (nSPS) is 23.0. The van der Waals surface area contributed by atoms with Crippen molar-refractivity contribution in [2.24, 2.45) is 25.7 Å². The number of rotatable bonds is 2. The summed E-state index contributed by atoms with van der Waals surface area (Å²) < 4.78 is 3.20. The molecule has 10 heteroatoms. The van der Waals surface area contributed by atoms with E-state index in [-0.39, 0.29) is 17.6 Å². The molecule has 4 heterocycles. The van der Waals surface area contributed by atoms with Crippen LogP contribution in [-0.4, -0.2) is 42.9 Å². The molecule has 3 atom stereocenters. The Labute approximate surface area is 187 Å². The smallest absolute Gasteiger partial charge is 0.264 e. The quantitative estimate of drug-likeness (QED) is 0.481. The highest BCUT2D eigenvalue weighted by molar-refractivity contribution is 6.43. The van der Waals surface area contributed by atoms with Crippen LogP contribution in [0.5, 0.6) is 0 Å². The zero-order valence-electron chi connectivity index (χ0n) is 17.1. The van der Waals surface area contributed by atoms with Gasteiger partial charge in [-0.3, -0.25) is 14.0 Å². The van der Waals surface area contributed by atoms with Crippen molar-refractivity contribution < 1.29 is 0 Å². The maximum Gasteiger partial charge on any atom is 0.264 e. The molecule has 0 amide bonds. The van der Waals surface area contributed by atoms with Crippen LogP contribution in [0.2, 0.25) is 10.2 Å². The lowest BCUT2D eigenvalue weighted by molar-refractivity contribution is 0.530. The second-order valence-electron chi connectivity index (χ2n) is 8.57. The van der Waals surface area contributed by atoms with Gasteiger partial charge in [-0.15, -0.1) is 0 Å². The lowest BCUT2D eigenvalue weighted by Gasteiger charge is -2.29. The number of hydrogen-bond donors (Lipinski definition) is 2. The van der Waals surface area contributed by atoms with Crippen LogP contribution in [0.3, 0.4) is 0 Å². The Kier molecular flexibility index (Phi) is 4.00. The standard InChI is InChI=1S/C21H21Cl2N7O/c1-28-20(31)14-11(10-4-5-12-15(16(10)22)18(23)29(2)27-12)7-25-19(14)26-21(28)30-8-9-3-6-13(30)17(9)24/h4-5,7,9,13,17,25H,3,6,8,24H2,1-2H3/t9-,13-,17-/m1/s1. The minimum atomic E-state index is -0.124. The number of piperidine rings is 1. The molecule has 4 aromatic rings. The van der Waals surface area contributed by atoms with Crippen molar-refractivity contribution in [1.29, 1.82) is 0 Å². The Bertz CT molecular complexity index is 1440. The van der Waals surface area contributed by atoms with E-state index in [1.165, 1.54) is 0 Å². The minimum absolute atomic E-state index is 0.124. The van der Waals surface area contributed by atoms with Gasteiger partial charge in [0.25, 0.3) is 5.56 Å². The highest BCUT2D eigenvalue weighted by atomic mass is 35.5. The number of aryl methyl sites for hydroxylation is 1. The maximum absolute atomic E-state index is 13.5. The molecular formula is C21H21Cl2N7O. The van der Waals surface area contributed by atoms with Gasteiger partial charge in [0.2, 0.25) is 5.95 Å². The van der Waals surface area contributed by atoms with Crippen LogP contribution < -0.4 is 16.2 Å². The monoisotopic (exact) mass is 457 g/mol. The van der Waals surface area contributed by atoms with Gasteiger partial charge in [0.05, 0.1) is 21.3 Å². The van der Waals surface area contributed by atoms with Crippen LogP contribution >= 0.6 is 23.2 Å². The second-order valence-corrected chi connectivity index (χ2v) is 9.31. The SMILES string of the molecule is Cn1nc2ccc(-c3c[nH]c4nc(N5C[C@H]6CC[C@@H]5[C@@H]6N)n(C)c(=O)c34)c(Cl)c2c1Cl. The summed E-state index contributed by atoms with van der Waals surface area (Å²) in [7, 11) is 3.53. The number of nitrogens with two attached hydrogens (primary N) is 1. The van der Waals surface area contributed by atoms with Crippen molar-refractivity contribution in [3.05, 3.63) is 38.9 Å². The molecule has 2 aliphatic rings. The van der Waals surface area contributed by atoms with E-state index in [1.807, 2.05) is 12.1 Å². The lowest BCUT2D eigenvalue weighted by atomic mass is 10.0. The van der Waals surface area contributed by atoms with Crippen molar-refractivity contribution >= 4 is 51.1 Å². The van der Waals surface area contributed by atoms with Gasteiger partial charge in [-0.05, 0) is 24.8 Å². The van der Waals surface area contributed by atoms with Crippen LogP contribution in [-0.2, 0) is 14.1 Å². The van der Waals surface area contributed by atoms with Crippen molar-refractivity contribution in [3.63, 3.8) is 0 Å². The van der Waals surface area contributed by atoms with E-state index in [0.717, 1.165) is 19.4 Å². The van der Waals surface area contributed by atoms with Gasteiger partial charge in [-0.25, -0.2) is 0 Å². The average molecular weight is 458 g/mol. The Hall–Kier alpha value is -2.55. The molecular weight excluding hydrogens is 437 g/mol. The summed E-state index contributed by atoms with van der Waals surface area (Å²) >= 11 is 13.1. The van der Waals surface area contributed by atoms with E-state index in [1.54, 1.807) is 29.5 Å². The van der Waals surface area contributed by atoms with Crippen LogP contribution in [0.15, 0.2) is 23.1 Å². The Morgan fingerprint density at radius 1 is 1.16 bits per heavy atom. The Morgan fingerprint density at radius 3 is 2.68 bits per heavy atom. The van der Waals surface area contributed by atoms with Gasteiger partial charge in [0.1, 0.15) is 10.8 Å². The first-order valence-electron chi connectivity index (χ1n) is 10.3. The fourth-order valence-corrected chi connectivity index (χ4v) is 5.95. The van der Waals surface area contributed by atoms with E-state index in [4.69, 9.17) is 33.9 Å². The van der Waals surface area contributed by atoms with Gasteiger partial charge in [0, 0.05) is 50.0 Å². The number of nitrogens with one attached hydrogen (secondary N) is 1. The zero-order valence-corrected chi connectivity index (χ0v) is 18.6. The van der Waals surface area contributed by atoms with Crippen molar-refractivity contribution in [2.75, 3.05) is 11.4 Å². The summed E-state index contributed by atoms with van der Waals surface area (Å²) in [5.74, 6) is 1.12. The first kappa shape index (κ1) is 19.2. The summed E-state index contributed by atoms with van der Waals surface area (Å²) in [6.07, 6.45) is 3.96. The molecule has 1 aliphatic heterocycles. The summed E-state index contributed by atoms with van der Waals surface area (Å²) in [5, 5.41) is 6.46. The lowest BCUT2D eigenvalue weighted by Crippen LogP contribution is -2.40. The molecule has 2 bridgehead atoms. The third-order valence-electron chi connectivity index (χ3n) is 6.96. The van der Waals surface area contributed by atoms with E-state index in [2.05, 4.69) is 15.0 Å². The molecule has 31 heavy (non-hydrogen) atoms. The number of aromatic nitrogens is 5. The molecule has 0 radical (unpaired) electrons. The number of fused-ring (bicyclic) bond motifs is 4. The van der Waals surface area contributed by atoms with E-state index in [9.17, 15) is 4.79 Å². The summed E-state index contributed by atoms with van der Waals surface area (Å²) in [6, 6.07) is 4.10. The summed E-state index contributed by atoms with van der Waals surface area (Å²) in [4.78, 5) is 23.6. The molecule has 6 rings (SSSR count). The number of H-pyrrole nitrogens is 1.